The second-order valence-electron chi connectivity index (χ2n) is 5.44. The molecule has 2 atom stereocenters. The van der Waals surface area contributed by atoms with E-state index in [1.165, 1.54) is 12.0 Å². The first-order valence-corrected chi connectivity index (χ1v) is 8.22. The Morgan fingerprint density at radius 1 is 1.55 bits per heavy atom. The van der Waals surface area contributed by atoms with Gasteiger partial charge >= 0.3 is 0 Å². The molecule has 5 heteroatoms. The highest BCUT2D eigenvalue weighted by atomic mass is 79.9. The zero-order valence-corrected chi connectivity index (χ0v) is 14.2. The Labute approximate surface area is 134 Å². The van der Waals surface area contributed by atoms with Crippen LogP contribution in [-0.4, -0.2) is 38.3 Å². The molecule has 1 aliphatic rings. The van der Waals surface area contributed by atoms with Gasteiger partial charge in [0.1, 0.15) is 0 Å². The van der Waals surface area contributed by atoms with Crippen molar-refractivity contribution in [3.63, 3.8) is 0 Å². The van der Waals surface area contributed by atoms with Crippen molar-refractivity contribution >= 4 is 27.5 Å². The summed E-state index contributed by atoms with van der Waals surface area (Å²) in [4.78, 5) is 2.33. The lowest BCUT2D eigenvalue weighted by Gasteiger charge is -2.33. The SMILES string of the molecule is CN(CC1CCCOC1)C(CN)c1ccc(Cl)cc1Br. The first-order valence-electron chi connectivity index (χ1n) is 7.04. The fourth-order valence-corrected chi connectivity index (χ4v) is 3.75. The van der Waals surface area contributed by atoms with Crippen molar-refractivity contribution in [3.05, 3.63) is 33.3 Å². The maximum atomic E-state index is 6.01. The van der Waals surface area contributed by atoms with Crippen molar-refractivity contribution in [1.82, 2.24) is 4.90 Å². The number of halogens is 2. The summed E-state index contributed by atoms with van der Waals surface area (Å²) in [6.07, 6.45) is 2.40. The average Bonchev–Trinajstić information content (AvgIpc) is 2.43. The van der Waals surface area contributed by atoms with Crippen molar-refractivity contribution in [2.45, 2.75) is 18.9 Å². The molecule has 0 amide bonds. The molecule has 1 saturated heterocycles. The Kier molecular flexibility index (Phi) is 6.30. The van der Waals surface area contributed by atoms with Crippen LogP contribution in [0.2, 0.25) is 5.02 Å². The maximum Gasteiger partial charge on any atom is 0.0506 e. The minimum atomic E-state index is 0.198. The van der Waals surface area contributed by atoms with Gasteiger partial charge in [0.15, 0.2) is 0 Å². The van der Waals surface area contributed by atoms with Gasteiger partial charge < -0.3 is 10.5 Å². The van der Waals surface area contributed by atoms with Gasteiger partial charge in [0.2, 0.25) is 0 Å². The largest absolute Gasteiger partial charge is 0.381 e. The molecule has 2 unspecified atom stereocenters. The van der Waals surface area contributed by atoms with Crippen LogP contribution >= 0.6 is 27.5 Å². The van der Waals surface area contributed by atoms with E-state index in [1.807, 2.05) is 12.1 Å². The van der Waals surface area contributed by atoms with E-state index in [0.29, 0.717) is 12.5 Å². The number of benzene rings is 1. The van der Waals surface area contributed by atoms with Crippen molar-refractivity contribution in [2.75, 3.05) is 33.4 Å². The molecule has 3 nitrogen and oxygen atoms in total. The van der Waals surface area contributed by atoms with E-state index in [1.54, 1.807) is 0 Å². The molecule has 0 aliphatic carbocycles. The van der Waals surface area contributed by atoms with Crippen LogP contribution < -0.4 is 5.73 Å². The van der Waals surface area contributed by atoms with Crippen LogP contribution in [0.15, 0.2) is 22.7 Å². The van der Waals surface area contributed by atoms with E-state index in [2.05, 4.69) is 33.9 Å². The fourth-order valence-electron chi connectivity index (χ4n) is 2.80. The molecule has 1 aliphatic heterocycles. The zero-order valence-electron chi connectivity index (χ0n) is 11.8. The Morgan fingerprint density at radius 2 is 2.35 bits per heavy atom. The smallest absolute Gasteiger partial charge is 0.0506 e. The van der Waals surface area contributed by atoms with Crippen LogP contribution in [0.25, 0.3) is 0 Å². The lowest BCUT2D eigenvalue weighted by atomic mass is 9.99. The molecule has 2 rings (SSSR count). The number of nitrogens with zero attached hydrogens (tertiary/aromatic N) is 1. The molecule has 1 heterocycles. The molecule has 1 aromatic carbocycles. The first-order chi connectivity index (χ1) is 9.61. The van der Waals surface area contributed by atoms with E-state index >= 15 is 0 Å². The van der Waals surface area contributed by atoms with E-state index in [-0.39, 0.29) is 6.04 Å². The Morgan fingerprint density at radius 3 is 2.95 bits per heavy atom. The van der Waals surface area contributed by atoms with E-state index in [4.69, 9.17) is 22.1 Å². The molecular weight excluding hydrogens is 340 g/mol. The van der Waals surface area contributed by atoms with Gasteiger partial charge in [-0.3, -0.25) is 4.90 Å². The molecule has 1 fully saturated rings. The lowest BCUT2D eigenvalue weighted by molar-refractivity contribution is 0.0365. The Balaban J connectivity index is 2.06. The first kappa shape index (κ1) is 16.2. The molecule has 2 N–H and O–H groups in total. The lowest BCUT2D eigenvalue weighted by Crippen LogP contribution is -2.36. The van der Waals surface area contributed by atoms with Crippen molar-refractivity contribution < 1.29 is 4.74 Å². The average molecular weight is 362 g/mol. The zero-order chi connectivity index (χ0) is 14.5. The predicted octanol–water partition coefficient (Wildman–Crippen LogP) is 3.46. The van der Waals surface area contributed by atoms with Crippen molar-refractivity contribution in [1.29, 1.82) is 0 Å². The minimum absolute atomic E-state index is 0.198. The topological polar surface area (TPSA) is 38.5 Å². The number of rotatable bonds is 5. The van der Waals surface area contributed by atoms with Crippen LogP contribution in [0.4, 0.5) is 0 Å². The summed E-state index contributed by atoms with van der Waals surface area (Å²) in [5.41, 5.74) is 7.18. The molecule has 0 bridgehead atoms. The molecule has 20 heavy (non-hydrogen) atoms. The molecule has 0 aromatic heterocycles. The normalized spacial score (nSPS) is 21.1. The predicted molar refractivity (Wildman–Crippen MR) is 87.1 cm³/mol. The molecule has 112 valence electrons. The maximum absolute atomic E-state index is 6.01. The Bertz CT molecular complexity index is 438. The highest BCUT2D eigenvalue weighted by molar-refractivity contribution is 9.10. The van der Waals surface area contributed by atoms with Crippen LogP contribution in [0.3, 0.4) is 0 Å². The van der Waals surface area contributed by atoms with Gasteiger partial charge in [-0.1, -0.05) is 33.6 Å². The summed E-state index contributed by atoms with van der Waals surface area (Å²) in [7, 11) is 2.13. The van der Waals surface area contributed by atoms with E-state index in [9.17, 15) is 0 Å². The van der Waals surface area contributed by atoms with Gasteiger partial charge in [-0.05, 0) is 43.5 Å². The van der Waals surface area contributed by atoms with Gasteiger partial charge in [0, 0.05) is 35.2 Å². The third kappa shape index (κ3) is 4.18. The third-order valence-corrected chi connectivity index (χ3v) is 4.80. The third-order valence-electron chi connectivity index (χ3n) is 3.88. The second kappa shape index (κ2) is 7.76. The summed E-state index contributed by atoms with van der Waals surface area (Å²) in [6, 6.07) is 6.10. The summed E-state index contributed by atoms with van der Waals surface area (Å²) in [5.74, 6) is 0.605. The van der Waals surface area contributed by atoms with E-state index in [0.717, 1.165) is 35.7 Å². The number of hydrogen-bond donors (Lipinski definition) is 1. The van der Waals surface area contributed by atoms with Crippen molar-refractivity contribution in [2.24, 2.45) is 11.7 Å². The standard InChI is InChI=1S/C15H22BrClN2O/c1-19(9-11-3-2-6-20-10-11)15(8-18)13-5-4-12(17)7-14(13)16/h4-5,7,11,15H,2-3,6,8-10,18H2,1H3. The van der Waals surface area contributed by atoms with Gasteiger partial charge in [-0.15, -0.1) is 0 Å². The summed E-state index contributed by atoms with van der Waals surface area (Å²) in [5, 5.41) is 0.736. The van der Waals surface area contributed by atoms with Crippen LogP contribution in [0, 0.1) is 5.92 Å². The molecular formula is C15H22BrClN2O. The number of hydrogen-bond acceptors (Lipinski definition) is 3. The monoisotopic (exact) mass is 360 g/mol. The molecule has 0 spiro atoms. The van der Waals surface area contributed by atoms with Gasteiger partial charge in [-0.25, -0.2) is 0 Å². The fraction of sp³-hybridized carbons (Fsp3) is 0.600. The second-order valence-corrected chi connectivity index (χ2v) is 6.73. The van der Waals surface area contributed by atoms with E-state index < -0.39 is 0 Å². The number of ether oxygens (including phenoxy) is 1. The van der Waals surface area contributed by atoms with Crippen LogP contribution in [0.1, 0.15) is 24.4 Å². The van der Waals surface area contributed by atoms with Crippen LogP contribution in [0.5, 0.6) is 0 Å². The highest BCUT2D eigenvalue weighted by Crippen LogP contribution is 2.30. The summed E-state index contributed by atoms with van der Waals surface area (Å²) < 4.78 is 6.58. The summed E-state index contributed by atoms with van der Waals surface area (Å²) in [6.45, 7) is 3.37. The number of likely N-dealkylation sites (N-methyl/N-ethyl adjacent to an activating group) is 1. The molecule has 0 radical (unpaired) electrons. The van der Waals surface area contributed by atoms with Crippen molar-refractivity contribution in [3.8, 4) is 0 Å². The number of nitrogens with two attached hydrogens (primary N) is 1. The molecule has 1 aromatic rings. The highest BCUT2D eigenvalue weighted by Gasteiger charge is 2.22. The summed E-state index contributed by atoms with van der Waals surface area (Å²) >= 11 is 9.60. The van der Waals surface area contributed by atoms with Gasteiger partial charge in [0.05, 0.1) is 6.61 Å². The van der Waals surface area contributed by atoms with Crippen LogP contribution in [-0.2, 0) is 4.74 Å². The quantitative estimate of drug-likeness (QED) is 0.873. The van der Waals surface area contributed by atoms with Gasteiger partial charge in [0.25, 0.3) is 0 Å². The molecule has 0 saturated carbocycles. The Hall–Kier alpha value is -0.130. The minimum Gasteiger partial charge on any atom is -0.381 e. The van der Waals surface area contributed by atoms with Gasteiger partial charge in [-0.2, -0.15) is 0 Å².